The number of methoxy groups -OCH3 is 1. The number of amides is 2. The molecule has 1 atom stereocenters. The van der Waals surface area contributed by atoms with Crippen molar-refractivity contribution in [2.75, 3.05) is 20.2 Å². The zero-order valence-corrected chi connectivity index (χ0v) is 16.5. The van der Waals surface area contributed by atoms with Crippen molar-refractivity contribution in [3.8, 4) is 5.75 Å². The molecule has 2 amide bonds. The summed E-state index contributed by atoms with van der Waals surface area (Å²) in [6, 6.07) is 13.7. The Bertz CT molecular complexity index is 963. The average molecular weight is 419 g/mol. The van der Waals surface area contributed by atoms with Crippen molar-refractivity contribution in [2.45, 2.75) is 17.5 Å². The maximum Gasteiger partial charge on any atom is 0.263 e. The van der Waals surface area contributed by atoms with Crippen molar-refractivity contribution in [3.05, 3.63) is 60.2 Å². The lowest BCUT2D eigenvalue weighted by Gasteiger charge is -2.33. The van der Waals surface area contributed by atoms with Crippen molar-refractivity contribution >= 4 is 21.8 Å². The van der Waals surface area contributed by atoms with Crippen LogP contribution in [0.2, 0.25) is 0 Å². The number of ether oxygens (including phenoxy) is 1. The molecule has 0 bridgehead atoms. The first-order valence-electron chi connectivity index (χ1n) is 8.80. The predicted molar refractivity (Wildman–Crippen MR) is 103 cm³/mol. The van der Waals surface area contributed by atoms with Crippen molar-refractivity contribution in [1.82, 2.24) is 15.1 Å². The monoisotopic (exact) mass is 419 g/mol. The molecule has 10 heteroatoms. The Hall–Kier alpha value is -2.95. The fourth-order valence-electron chi connectivity index (χ4n) is 2.81. The second kappa shape index (κ2) is 9.03. The Morgan fingerprint density at radius 1 is 1.17 bits per heavy atom. The molecule has 29 heavy (non-hydrogen) atoms. The molecule has 1 aliphatic heterocycles. The molecule has 0 saturated carbocycles. The van der Waals surface area contributed by atoms with Gasteiger partial charge in [-0.25, -0.2) is 13.9 Å². The Morgan fingerprint density at radius 3 is 2.52 bits per heavy atom. The minimum Gasteiger partial charge on any atom is -0.497 e. The quantitative estimate of drug-likeness (QED) is 0.630. The summed E-state index contributed by atoms with van der Waals surface area (Å²) in [4.78, 5) is 29.6. The first-order valence-corrected chi connectivity index (χ1v) is 10.2. The van der Waals surface area contributed by atoms with E-state index < -0.39 is 34.4 Å². The number of carbonyl (C=O) groups is 2. The van der Waals surface area contributed by atoms with E-state index >= 15 is 0 Å². The molecule has 2 aromatic carbocycles. The number of hydrogen-bond donors (Lipinski definition) is 2. The largest absolute Gasteiger partial charge is 0.497 e. The Balaban J connectivity index is 1.73. The number of hydroxylamine groups is 1. The van der Waals surface area contributed by atoms with E-state index in [2.05, 4.69) is 10.8 Å². The van der Waals surface area contributed by atoms with Crippen LogP contribution in [0.5, 0.6) is 5.75 Å². The second-order valence-corrected chi connectivity index (χ2v) is 8.18. The van der Waals surface area contributed by atoms with Crippen LogP contribution in [0, 0.1) is 0 Å². The fraction of sp³-hybridized carbons (Fsp3) is 0.263. The van der Waals surface area contributed by atoms with Gasteiger partial charge < -0.3 is 10.1 Å². The van der Waals surface area contributed by atoms with Gasteiger partial charge in [-0.2, -0.15) is 4.31 Å². The number of hydrogen-bond acceptors (Lipinski definition) is 6. The molecule has 0 aromatic heterocycles. The van der Waals surface area contributed by atoms with Crippen LogP contribution in [0.4, 0.5) is 0 Å². The third kappa shape index (κ3) is 4.91. The molecule has 1 fully saturated rings. The van der Waals surface area contributed by atoms with E-state index in [1.165, 1.54) is 31.4 Å². The van der Waals surface area contributed by atoms with Crippen molar-refractivity contribution in [2.24, 2.45) is 0 Å². The normalized spacial score (nSPS) is 17.4. The van der Waals surface area contributed by atoms with Crippen molar-refractivity contribution < 1.29 is 27.6 Å². The zero-order chi connectivity index (χ0) is 20.9. The number of nitrogens with zero attached hydrogens (tertiary/aromatic N) is 1. The van der Waals surface area contributed by atoms with Gasteiger partial charge in [-0.1, -0.05) is 30.3 Å². The van der Waals surface area contributed by atoms with E-state index in [1.54, 1.807) is 0 Å². The van der Waals surface area contributed by atoms with E-state index in [9.17, 15) is 18.0 Å². The molecule has 0 aliphatic carbocycles. The highest BCUT2D eigenvalue weighted by atomic mass is 32.2. The Kier molecular flexibility index (Phi) is 6.47. The summed E-state index contributed by atoms with van der Waals surface area (Å²) in [6.45, 7) is -0.503. The molecule has 1 unspecified atom stereocenters. The van der Waals surface area contributed by atoms with Gasteiger partial charge in [-0.3, -0.25) is 14.4 Å². The number of rotatable bonds is 7. The lowest BCUT2D eigenvalue weighted by atomic mass is 10.2. The molecule has 9 nitrogen and oxygen atoms in total. The van der Waals surface area contributed by atoms with Crippen molar-refractivity contribution in [3.63, 3.8) is 0 Å². The van der Waals surface area contributed by atoms with Crippen LogP contribution >= 0.6 is 0 Å². The maximum atomic E-state index is 13.0. The van der Waals surface area contributed by atoms with Crippen LogP contribution < -0.4 is 15.5 Å². The molecule has 1 saturated heterocycles. The Labute approximate surface area is 168 Å². The van der Waals surface area contributed by atoms with Gasteiger partial charge in [-0.15, -0.1) is 0 Å². The van der Waals surface area contributed by atoms with Crippen LogP contribution in [0.15, 0.2) is 59.5 Å². The minimum atomic E-state index is -4.09. The highest BCUT2D eigenvalue weighted by Gasteiger charge is 2.40. The summed E-state index contributed by atoms with van der Waals surface area (Å²) in [7, 11) is -2.62. The van der Waals surface area contributed by atoms with Crippen LogP contribution in [-0.2, 0) is 31.1 Å². The summed E-state index contributed by atoms with van der Waals surface area (Å²) < 4.78 is 32.0. The summed E-state index contributed by atoms with van der Waals surface area (Å²) >= 11 is 0. The molecule has 2 N–H and O–H groups in total. The van der Waals surface area contributed by atoms with Crippen LogP contribution in [0.3, 0.4) is 0 Å². The van der Waals surface area contributed by atoms with Crippen LogP contribution in [-0.4, -0.2) is 50.8 Å². The third-order valence-electron chi connectivity index (χ3n) is 4.36. The molecule has 0 spiro atoms. The zero-order valence-electron chi connectivity index (χ0n) is 15.7. The van der Waals surface area contributed by atoms with Gasteiger partial charge >= 0.3 is 0 Å². The Morgan fingerprint density at radius 2 is 1.86 bits per heavy atom. The number of sulfonamides is 1. The standard InChI is InChI=1S/C19H21N3O6S/c1-27-15-7-9-16(10-8-15)29(25,26)22-12-18(23)20-11-17(22)19(24)21-28-13-14-5-3-2-4-6-14/h2-10,17H,11-13H2,1H3,(H,20,23)(H,21,24). The summed E-state index contributed by atoms with van der Waals surface area (Å²) in [6.07, 6.45) is 0. The minimum absolute atomic E-state index is 0.0454. The van der Waals surface area contributed by atoms with Crippen LogP contribution in [0.1, 0.15) is 5.56 Å². The van der Waals surface area contributed by atoms with Gasteiger partial charge in [0.25, 0.3) is 5.91 Å². The lowest BCUT2D eigenvalue weighted by molar-refractivity contribution is -0.140. The van der Waals surface area contributed by atoms with Crippen LogP contribution in [0.25, 0.3) is 0 Å². The lowest BCUT2D eigenvalue weighted by Crippen LogP contribution is -2.61. The summed E-state index contributed by atoms with van der Waals surface area (Å²) in [5, 5.41) is 2.51. The van der Waals surface area contributed by atoms with Gasteiger partial charge in [0.15, 0.2) is 0 Å². The molecule has 2 aromatic rings. The fourth-order valence-corrected chi connectivity index (χ4v) is 4.36. The summed E-state index contributed by atoms with van der Waals surface area (Å²) in [5.41, 5.74) is 3.11. The first-order chi connectivity index (χ1) is 13.9. The van der Waals surface area contributed by atoms with Gasteiger partial charge in [-0.05, 0) is 29.8 Å². The number of benzene rings is 2. The highest BCUT2D eigenvalue weighted by molar-refractivity contribution is 7.89. The SMILES string of the molecule is COc1ccc(S(=O)(=O)N2CC(=O)NCC2C(=O)NOCc2ccccc2)cc1. The highest BCUT2D eigenvalue weighted by Crippen LogP contribution is 2.22. The number of nitrogens with one attached hydrogen (secondary N) is 2. The molecular formula is C19H21N3O6S. The second-order valence-electron chi connectivity index (χ2n) is 6.29. The molecule has 1 aliphatic rings. The van der Waals surface area contributed by atoms with E-state index in [-0.39, 0.29) is 18.0 Å². The molecule has 0 radical (unpaired) electrons. The summed E-state index contributed by atoms with van der Waals surface area (Å²) in [5.74, 6) is -0.668. The number of piperazine rings is 1. The average Bonchev–Trinajstić information content (AvgIpc) is 2.74. The topological polar surface area (TPSA) is 114 Å². The first kappa shape index (κ1) is 20.8. The van der Waals surface area contributed by atoms with Gasteiger partial charge in [0.05, 0.1) is 25.2 Å². The molecular weight excluding hydrogens is 398 g/mol. The third-order valence-corrected chi connectivity index (χ3v) is 6.23. The smallest absolute Gasteiger partial charge is 0.263 e. The predicted octanol–water partition coefficient (Wildman–Crippen LogP) is 0.432. The van der Waals surface area contributed by atoms with Gasteiger partial charge in [0.2, 0.25) is 15.9 Å². The molecule has 1 heterocycles. The molecule has 154 valence electrons. The van der Waals surface area contributed by atoms with Gasteiger partial charge in [0, 0.05) is 6.54 Å². The van der Waals surface area contributed by atoms with E-state index in [0.717, 1.165) is 9.87 Å². The number of carbonyl (C=O) groups excluding carboxylic acids is 2. The van der Waals surface area contributed by atoms with Crippen molar-refractivity contribution in [1.29, 1.82) is 0 Å². The molecule has 3 rings (SSSR count). The van der Waals surface area contributed by atoms with E-state index in [4.69, 9.17) is 9.57 Å². The maximum absolute atomic E-state index is 13.0. The van der Waals surface area contributed by atoms with Gasteiger partial charge in [0.1, 0.15) is 11.8 Å². The van der Waals surface area contributed by atoms with E-state index in [1.807, 2.05) is 30.3 Å². The van der Waals surface area contributed by atoms with E-state index in [0.29, 0.717) is 5.75 Å².